The van der Waals surface area contributed by atoms with Crippen LogP contribution in [-0.2, 0) is 9.59 Å². The van der Waals surface area contributed by atoms with Gasteiger partial charge in [0.2, 0.25) is 11.8 Å². The Kier molecular flexibility index (Phi) is 5.06. The van der Waals surface area contributed by atoms with Gasteiger partial charge < -0.3 is 9.80 Å². The molecule has 0 aliphatic carbocycles. The second-order valence-corrected chi connectivity index (χ2v) is 4.66. The number of halogens is 1. The van der Waals surface area contributed by atoms with Crippen molar-refractivity contribution >= 4 is 23.4 Å². The van der Waals surface area contributed by atoms with Crippen LogP contribution in [0.3, 0.4) is 0 Å². The number of carbonyl (C=O) groups excluding carboxylic acids is 2. The van der Waals surface area contributed by atoms with Gasteiger partial charge in [0.1, 0.15) is 0 Å². The van der Waals surface area contributed by atoms with Gasteiger partial charge in [-0.3, -0.25) is 9.59 Å². The summed E-state index contributed by atoms with van der Waals surface area (Å²) in [7, 11) is 0. The Bertz CT molecular complexity index is 271. The Morgan fingerprint density at radius 1 is 1.25 bits per heavy atom. The molecule has 5 heteroatoms. The van der Waals surface area contributed by atoms with E-state index in [1.54, 1.807) is 9.80 Å². The van der Waals surface area contributed by atoms with Crippen molar-refractivity contribution in [3.05, 3.63) is 0 Å². The summed E-state index contributed by atoms with van der Waals surface area (Å²) in [6, 6.07) is 0. The largest absolute Gasteiger partial charge is 0.332 e. The van der Waals surface area contributed by atoms with E-state index >= 15 is 0 Å². The van der Waals surface area contributed by atoms with Crippen molar-refractivity contribution in [3.8, 4) is 0 Å². The molecule has 0 aromatic carbocycles. The quantitative estimate of drug-likeness (QED) is 0.678. The van der Waals surface area contributed by atoms with Gasteiger partial charge in [-0.2, -0.15) is 0 Å². The number of alkyl halides is 1. The standard InChI is InChI=1S/C11H19ClN2O2/c1-3-4-13-7-11(16)14(8-10(13)15)6-9(2)5-12/h9H,3-8H2,1-2H3. The van der Waals surface area contributed by atoms with Crippen molar-refractivity contribution in [1.29, 1.82) is 0 Å². The van der Waals surface area contributed by atoms with Crippen LogP contribution in [0.5, 0.6) is 0 Å². The average molecular weight is 247 g/mol. The van der Waals surface area contributed by atoms with Crippen molar-refractivity contribution in [2.75, 3.05) is 32.1 Å². The third-order valence-electron chi connectivity index (χ3n) is 2.65. The zero-order valence-electron chi connectivity index (χ0n) is 9.91. The summed E-state index contributed by atoms with van der Waals surface area (Å²) < 4.78 is 0. The SMILES string of the molecule is CCCN1CC(=O)N(CC(C)CCl)CC1=O. The topological polar surface area (TPSA) is 40.6 Å². The molecule has 1 rings (SSSR count). The molecule has 1 saturated heterocycles. The zero-order valence-corrected chi connectivity index (χ0v) is 10.7. The highest BCUT2D eigenvalue weighted by molar-refractivity contribution is 6.18. The van der Waals surface area contributed by atoms with Crippen molar-refractivity contribution in [3.63, 3.8) is 0 Å². The Balaban J connectivity index is 2.53. The number of carbonyl (C=O) groups is 2. The number of rotatable bonds is 5. The first kappa shape index (κ1) is 13.3. The summed E-state index contributed by atoms with van der Waals surface area (Å²) in [5, 5.41) is 0. The molecule has 1 aliphatic heterocycles. The van der Waals surface area contributed by atoms with Crippen LogP contribution >= 0.6 is 11.6 Å². The molecular formula is C11H19ClN2O2. The summed E-state index contributed by atoms with van der Waals surface area (Å²) >= 11 is 5.70. The lowest BCUT2D eigenvalue weighted by Crippen LogP contribution is -2.54. The smallest absolute Gasteiger partial charge is 0.242 e. The second-order valence-electron chi connectivity index (χ2n) is 4.35. The molecule has 92 valence electrons. The van der Waals surface area contributed by atoms with E-state index in [1.807, 2.05) is 13.8 Å². The van der Waals surface area contributed by atoms with Gasteiger partial charge >= 0.3 is 0 Å². The van der Waals surface area contributed by atoms with Gasteiger partial charge in [-0.1, -0.05) is 13.8 Å². The van der Waals surface area contributed by atoms with Crippen LogP contribution in [0.2, 0.25) is 0 Å². The molecule has 0 aromatic heterocycles. The fourth-order valence-electron chi connectivity index (χ4n) is 1.77. The summed E-state index contributed by atoms with van der Waals surface area (Å²) in [5.41, 5.74) is 0. The number of hydrogen-bond donors (Lipinski definition) is 0. The second kappa shape index (κ2) is 6.09. The maximum Gasteiger partial charge on any atom is 0.242 e. The van der Waals surface area contributed by atoms with Crippen molar-refractivity contribution in [2.45, 2.75) is 20.3 Å². The van der Waals surface area contributed by atoms with Crippen LogP contribution in [0.4, 0.5) is 0 Å². The first-order valence-electron chi connectivity index (χ1n) is 5.70. The number of piperazine rings is 1. The van der Waals surface area contributed by atoms with E-state index in [2.05, 4.69) is 0 Å². The molecular weight excluding hydrogens is 228 g/mol. The molecule has 16 heavy (non-hydrogen) atoms. The highest BCUT2D eigenvalue weighted by Gasteiger charge is 2.29. The van der Waals surface area contributed by atoms with Crippen molar-refractivity contribution in [2.24, 2.45) is 5.92 Å². The molecule has 4 nitrogen and oxygen atoms in total. The lowest BCUT2D eigenvalue weighted by atomic mass is 10.1. The van der Waals surface area contributed by atoms with Gasteiger partial charge in [-0.05, 0) is 12.3 Å². The van der Waals surface area contributed by atoms with Crippen LogP contribution in [0.1, 0.15) is 20.3 Å². The minimum atomic E-state index is 0.0324. The zero-order chi connectivity index (χ0) is 12.1. The van der Waals surface area contributed by atoms with E-state index in [0.717, 1.165) is 6.42 Å². The van der Waals surface area contributed by atoms with Crippen LogP contribution < -0.4 is 0 Å². The first-order chi connectivity index (χ1) is 7.58. The highest BCUT2D eigenvalue weighted by Crippen LogP contribution is 2.09. The molecule has 1 unspecified atom stereocenters. The first-order valence-corrected chi connectivity index (χ1v) is 6.23. The van der Waals surface area contributed by atoms with E-state index in [0.29, 0.717) is 19.0 Å². The third kappa shape index (κ3) is 3.37. The number of hydrogen-bond acceptors (Lipinski definition) is 2. The Hall–Kier alpha value is -0.770. The van der Waals surface area contributed by atoms with Crippen LogP contribution in [0.25, 0.3) is 0 Å². The van der Waals surface area contributed by atoms with Crippen molar-refractivity contribution < 1.29 is 9.59 Å². The third-order valence-corrected chi connectivity index (χ3v) is 3.17. The van der Waals surface area contributed by atoms with Crippen LogP contribution in [-0.4, -0.2) is 53.7 Å². The number of nitrogens with zero attached hydrogens (tertiary/aromatic N) is 2. The monoisotopic (exact) mass is 246 g/mol. The molecule has 2 amide bonds. The lowest BCUT2D eigenvalue weighted by Gasteiger charge is -2.34. The van der Waals surface area contributed by atoms with Gasteiger partial charge in [-0.15, -0.1) is 11.6 Å². The lowest BCUT2D eigenvalue weighted by molar-refractivity contribution is -0.150. The van der Waals surface area contributed by atoms with Gasteiger partial charge in [0, 0.05) is 19.0 Å². The summed E-state index contributed by atoms with van der Waals surface area (Å²) in [6.07, 6.45) is 0.886. The predicted octanol–water partition coefficient (Wildman–Crippen LogP) is 0.942. The predicted molar refractivity (Wildman–Crippen MR) is 63.3 cm³/mol. The molecule has 1 aliphatic rings. The molecule has 0 radical (unpaired) electrons. The molecule has 0 N–H and O–H groups in total. The maximum absolute atomic E-state index is 11.8. The van der Waals surface area contributed by atoms with E-state index in [-0.39, 0.29) is 30.8 Å². The van der Waals surface area contributed by atoms with Gasteiger partial charge in [0.15, 0.2) is 0 Å². The summed E-state index contributed by atoms with van der Waals surface area (Å²) in [6.45, 7) is 5.65. The van der Waals surface area contributed by atoms with E-state index in [9.17, 15) is 9.59 Å². The molecule has 0 spiro atoms. The Morgan fingerprint density at radius 2 is 1.81 bits per heavy atom. The minimum Gasteiger partial charge on any atom is -0.332 e. The van der Waals surface area contributed by atoms with Crippen LogP contribution in [0, 0.1) is 5.92 Å². The van der Waals surface area contributed by atoms with E-state index in [4.69, 9.17) is 11.6 Å². The molecule has 0 saturated carbocycles. The Labute approximate surface area is 102 Å². The molecule has 1 fully saturated rings. The molecule has 0 aromatic rings. The fourth-order valence-corrected chi connectivity index (χ4v) is 1.87. The molecule has 1 atom stereocenters. The van der Waals surface area contributed by atoms with Crippen LogP contribution in [0.15, 0.2) is 0 Å². The van der Waals surface area contributed by atoms with Gasteiger partial charge in [0.25, 0.3) is 0 Å². The molecule has 1 heterocycles. The summed E-state index contributed by atoms with van der Waals surface area (Å²) in [5.74, 6) is 0.820. The van der Waals surface area contributed by atoms with E-state index < -0.39 is 0 Å². The normalized spacial score (nSPS) is 19.2. The van der Waals surface area contributed by atoms with E-state index in [1.165, 1.54) is 0 Å². The minimum absolute atomic E-state index is 0.0324. The Morgan fingerprint density at radius 3 is 2.38 bits per heavy atom. The average Bonchev–Trinajstić information content (AvgIpc) is 2.25. The van der Waals surface area contributed by atoms with Gasteiger partial charge in [-0.25, -0.2) is 0 Å². The highest BCUT2D eigenvalue weighted by atomic mass is 35.5. The number of amides is 2. The summed E-state index contributed by atoms with van der Waals surface area (Å²) in [4.78, 5) is 26.7. The van der Waals surface area contributed by atoms with Gasteiger partial charge in [0.05, 0.1) is 13.1 Å². The van der Waals surface area contributed by atoms with Crippen molar-refractivity contribution in [1.82, 2.24) is 9.80 Å². The fraction of sp³-hybridized carbons (Fsp3) is 0.818. The maximum atomic E-state index is 11.8. The molecule has 0 bridgehead atoms.